The molecule has 3 rings (SSSR count). The van der Waals surface area contributed by atoms with Crippen LogP contribution < -0.4 is 0 Å². The SMILES string of the molecule is O=C(c1ccnc(F)c1)N1CCCC1c1ccccc1. The van der Waals surface area contributed by atoms with Crippen molar-refractivity contribution in [2.45, 2.75) is 18.9 Å². The smallest absolute Gasteiger partial charge is 0.254 e. The molecule has 1 amide bonds. The maximum atomic E-state index is 13.2. The second-order valence-corrected chi connectivity index (χ2v) is 4.93. The van der Waals surface area contributed by atoms with E-state index in [-0.39, 0.29) is 11.9 Å². The van der Waals surface area contributed by atoms with Gasteiger partial charge in [-0.15, -0.1) is 0 Å². The van der Waals surface area contributed by atoms with Crippen molar-refractivity contribution in [2.24, 2.45) is 0 Å². The molecule has 0 saturated carbocycles. The molecule has 0 bridgehead atoms. The summed E-state index contributed by atoms with van der Waals surface area (Å²) in [6.45, 7) is 0.711. The van der Waals surface area contributed by atoms with Crippen molar-refractivity contribution in [3.63, 3.8) is 0 Å². The predicted molar refractivity (Wildman–Crippen MR) is 73.6 cm³/mol. The van der Waals surface area contributed by atoms with Crippen LogP contribution in [0.15, 0.2) is 48.7 Å². The minimum atomic E-state index is -0.619. The molecule has 20 heavy (non-hydrogen) atoms. The van der Waals surface area contributed by atoms with Crippen molar-refractivity contribution < 1.29 is 9.18 Å². The summed E-state index contributed by atoms with van der Waals surface area (Å²) >= 11 is 0. The molecule has 1 fully saturated rings. The van der Waals surface area contributed by atoms with Gasteiger partial charge < -0.3 is 4.90 Å². The molecule has 102 valence electrons. The average Bonchev–Trinajstić information content (AvgIpc) is 2.97. The molecule has 1 atom stereocenters. The quantitative estimate of drug-likeness (QED) is 0.785. The number of amides is 1. The molecule has 0 aliphatic carbocycles. The molecule has 2 heterocycles. The van der Waals surface area contributed by atoms with Crippen molar-refractivity contribution in [3.8, 4) is 0 Å². The van der Waals surface area contributed by atoms with Crippen molar-refractivity contribution in [2.75, 3.05) is 6.54 Å². The first-order valence-electron chi connectivity index (χ1n) is 6.73. The Hall–Kier alpha value is -2.23. The molecule has 4 heteroatoms. The molecule has 0 radical (unpaired) electrons. The third-order valence-corrected chi connectivity index (χ3v) is 3.67. The van der Waals surface area contributed by atoms with Crippen LogP contribution in [0.4, 0.5) is 4.39 Å². The molecular formula is C16H15FN2O. The fourth-order valence-corrected chi connectivity index (χ4v) is 2.73. The monoisotopic (exact) mass is 270 g/mol. The average molecular weight is 270 g/mol. The van der Waals surface area contributed by atoms with Gasteiger partial charge in [0.1, 0.15) is 0 Å². The van der Waals surface area contributed by atoms with Gasteiger partial charge in [-0.3, -0.25) is 4.79 Å². The molecule has 1 saturated heterocycles. The summed E-state index contributed by atoms with van der Waals surface area (Å²) in [5.41, 5.74) is 1.49. The minimum Gasteiger partial charge on any atom is -0.332 e. The van der Waals surface area contributed by atoms with Gasteiger partial charge in [-0.25, -0.2) is 4.98 Å². The summed E-state index contributed by atoms with van der Waals surface area (Å²) in [6, 6.07) is 12.8. The van der Waals surface area contributed by atoms with E-state index in [1.54, 1.807) is 6.07 Å². The van der Waals surface area contributed by atoms with E-state index in [2.05, 4.69) is 4.98 Å². The van der Waals surface area contributed by atoms with Gasteiger partial charge in [0, 0.05) is 24.4 Å². The van der Waals surface area contributed by atoms with Crippen molar-refractivity contribution in [1.29, 1.82) is 0 Å². The lowest BCUT2D eigenvalue weighted by Crippen LogP contribution is -2.30. The number of hydrogen-bond donors (Lipinski definition) is 0. The minimum absolute atomic E-state index is 0.0833. The van der Waals surface area contributed by atoms with Gasteiger partial charge in [0.05, 0.1) is 6.04 Å². The summed E-state index contributed by atoms with van der Waals surface area (Å²) < 4.78 is 13.2. The number of nitrogens with zero attached hydrogens (tertiary/aromatic N) is 2. The molecule has 1 unspecified atom stereocenters. The summed E-state index contributed by atoms with van der Waals surface area (Å²) in [5.74, 6) is -0.746. The lowest BCUT2D eigenvalue weighted by atomic mass is 10.0. The highest BCUT2D eigenvalue weighted by Crippen LogP contribution is 2.32. The number of rotatable bonds is 2. The van der Waals surface area contributed by atoms with E-state index in [1.807, 2.05) is 35.2 Å². The first-order chi connectivity index (χ1) is 9.75. The summed E-state index contributed by atoms with van der Waals surface area (Å²) in [7, 11) is 0. The highest BCUT2D eigenvalue weighted by atomic mass is 19.1. The van der Waals surface area contributed by atoms with Crippen LogP contribution in [0, 0.1) is 5.95 Å². The van der Waals surface area contributed by atoms with Gasteiger partial charge in [0.15, 0.2) is 0 Å². The first-order valence-corrected chi connectivity index (χ1v) is 6.73. The molecular weight excluding hydrogens is 255 g/mol. The van der Waals surface area contributed by atoms with Crippen LogP contribution >= 0.6 is 0 Å². The van der Waals surface area contributed by atoms with E-state index >= 15 is 0 Å². The zero-order valence-electron chi connectivity index (χ0n) is 11.0. The summed E-state index contributed by atoms with van der Waals surface area (Å²) in [4.78, 5) is 17.8. The van der Waals surface area contributed by atoms with E-state index in [4.69, 9.17) is 0 Å². The fraction of sp³-hybridized carbons (Fsp3) is 0.250. The highest BCUT2D eigenvalue weighted by molar-refractivity contribution is 5.94. The third-order valence-electron chi connectivity index (χ3n) is 3.67. The van der Waals surface area contributed by atoms with Gasteiger partial charge >= 0.3 is 0 Å². The van der Waals surface area contributed by atoms with Crippen LogP contribution in [0.1, 0.15) is 34.8 Å². The number of benzene rings is 1. The van der Waals surface area contributed by atoms with Gasteiger partial charge in [0.25, 0.3) is 5.91 Å². The number of halogens is 1. The van der Waals surface area contributed by atoms with E-state index in [0.29, 0.717) is 12.1 Å². The summed E-state index contributed by atoms with van der Waals surface area (Å²) in [5, 5.41) is 0. The molecule has 0 spiro atoms. The van der Waals surface area contributed by atoms with Gasteiger partial charge in [-0.2, -0.15) is 4.39 Å². The first kappa shape index (κ1) is 12.8. The Labute approximate surface area is 117 Å². The molecule has 1 aromatic heterocycles. The Morgan fingerprint density at radius 1 is 1.25 bits per heavy atom. The largest absolute Gasteiger partial charge is 0.332 e. The number of hydrogen-bond acceptors (Lipinski definition) is 2. The van der Waals surface area contributed by atoms with Crippen LogP contribution in [0.25, 0.3) is 0 Å². The maximum Gasteiger partial charge on any atom is 0.254 e. The Balaban J connectivity index is 1.87. The number of pyridine rings is 1. The summed E-state index contributed by atoms with van der Waals surface area (Å²) in [6.07, 6.45) is 3.25. The zero-order chi connectivity index (χ0) is 13.9. The number of carbonyl (C=O) groups is 1. The molecule has 1 aliphatic rings. The Morgan fingerprint density at radius 3 is 2.80 bits per heavy atom. The predicted octanol–water partition coefficient (Wildman–Crippen LogP) is 3.20. The molecule has 0 N–H and O–H groups in total. The lowest BCUT2D eigenvalue weighted by molar-refractivity contribution is 0.0735. The maximum absolute atomic E-state index is 13.2. The lowest BCUT2D eigenvalue weighted by Gasteiger charge is -2.25. The second kappa shape index (κ2) is 5.41. The fourth-order valence-electron chi connectivity index (χ4n) is 2.73. The third kappa shape index (κ3) is 2.41. The van der Waals surface area contributed by atoms with Crippen LogP contribution in [0.5, 0.6) is 0 Å². The van der Waals surface area contributed by atoms with Crippen molar-refractivity contribution >= 4 is 5.91 Å². The molecule has 3 nitrogen and oxygen atoms in total. The Kier molecular flexibility index (Phi) is 3.46. The van der Waals surface area contributed by atoms with Crippen molar-refractivity contribution in [1.82, 2.24) is 9.88 Å². The Morgan fingerprint density at radius 2 is 2.05 bits per heavy atom. The van der Waals surface area contributed by atoms with E-state index in [9.17, 15) is 9.18 Å². The van der Waals surface area contributed by atoms with E-state index in [0.717, 1.165) is 18.4 Å². The number of aromatic nitrogens is 1. The number of carbonyl (C=O) groups excluding carboxylic acids is 1. The zero-order valence-corrected chi connectivity index (χ0v) is 11.0. The Bertz CT molecular complexity index is 615. The molecule has 1 aromatic carbocycles. The standard InChI is InChI=1S/C16H15FN2O/c17-15-11-13(8-9-18-15)16(20)19-10-4-7-14(19)12-5-2-1-3-6-12/h1-3,5-6,8-9,11,14H,4,7,10H2. The van der Waals surface area contributed by atoms with Crippen LogP contribution in [0.2, 0.25) is 0 Å². The van der Waals surface area contributed by atoms with Crippen LogP contribution in [-0.4, -0.2) is 22.3 Å². The van der Waals surface area contributed by atoms with Crippen LogP contribution in [-0.2, 0) is 0 Å². The van der Waals surface area contributed by atoms with E-state index in [1.165, 1.54) is 12.3 Å². The van der Waals surface area contributed by atoms with E-state index < -0.39 is 5.95 Å². The van der Waals surface area contributed by atoms with Crippen LogP contribution in [0.3, 0.4) is 0 Å². The molecule has 2 aromatic rings. The normalized spacial score (nSPS) is 18.2. The van der Waals surface area contributed by atoms with Gasteiger partial charge in [0.2, 0.25) is 5.95 Å². The van der Waals surface area contributed by atoms with Gasteiger partial charge in [-0.05, 0) is 24.5 Å². The van der Waals surface area contributed by atoms with Crippen molar-refractivity contribution in [3.05, 3.63) is 65.7 Å². The second-order valence-electron chi connectivity index (χ2n) is 4.93. The topological polar surface area (TPSA) is 33.2 Å². The molecule has 1 aliphatic heterocycles. The number of likely N-dealkylation sites (tertiary alicyclic amines) is 1. The highest BCUT2D eigenvalue weighted by Gasteiger charge is 2.30. The van der Waals surface area contributed by atoms with Gasteiger partial charge in [-0.1, -0.05) is 30.3 Å².